The van der Waals surface area contributed by atoms with Crippen molar-refractivity contribution in [3.63, 3.8) is 0 Å². The Bertz CT molecular complexity index is 509. The van der Waals surface area contributed by atoms with Crippen LogP contribution < -0.4 is 16.4 Å². The lowest BCUT2D eigenvalue weighted by atomic mass is 10.1. The number of carbonyl (C=O) groups excluding carboxylic acids is 2. The van der Waals surface area contributed by atoms with Gasteiger partial charge in [-0.2, -0.15) is 0 Å². The van der Waals surface area contributed by atoms with Gasteiger partial charge >= 0.3 is 0 Å². The zero-order valence-corrected chi connectivity index (χ0v) is 14.4. The molecule has 0 heterocycles. The quantitative estimate of drug-likeness (QED) is 0.715. The molecule has 1 atom stereocenters. The highest BCUT2D eigenvalue weighted by Gasteiger charge is 2.18. The fourth-order valence-electron chi connectivity index (χ4n) is 1.57. The number of rotatable bonds is 7. The van der Waals surface area contributed by atoms with E-state index in [1.165, 1.54) is 11.8 Å². The van der Waals surface area contributed by atoms with Gasteiger partial charge in [0, 0.05) is 17.8 Å². The summed E-state index contributed by atoms with van der Waals surface area (Å²) >= 11 is 1.30. The monoisotopic (exact) mass is 323 g/mol. The van der Waals surface area contributed by atoms with Gasteiger partial charge in [0.15, 0.2) is 0 Å². The van der Waals surface area contributed by atoms with Crippen molar-refractivity contribution in [3.8, 4) is 0 Å². The number of carbonyl (C=O) groups is 2. The molecule has 1 aromatic carbocycles. The molecule has 0 bridgehead atoms. The number of hydrogen-bond acceptors (Lipinski definition) is 4. The standard InChI is InChI=1S/C16H25N3O2S/c1-11-5-7-13(8-6-11)19-14(20)9-22-12(2)15(21)18-10-16(3,4)17/h5-8,12H,9-10,17H2,1-4H3,(H,18,21)(H,19,20). The number of aryl methyl sites for hydroxylation is 1. The van der Waals surface area contributed by atoms with Crippen LogP contribution in [0.1, 0.15) is 26.3 Å². The molecule has 5 nitrogen and oxygen atoms in total. The molecule has 0 aromatic heterocycles. The largest absolute Gasteiger partial charge is 0.353 e. The van der Waals surface area contributed by atoms with E-state index >= 15 is 0 Å². The van der Waals surface area contributed by atoms with Crippen LogP contribution in [0.3, 0.4) is 0 Å². The molecule has 1 rings (SSSR count). The van der Waals surface area contributed by atoms with Crippen molar-refractivity contribution in [2.45, 2.75) is 38.5 Å². The van der Waals surface area contributed by atoms with Gasteiger partial charge in [-0.05, 0) is 39.8 Å². The Hall–Kier alpha value is -1.53. The number of nitrogens with one attached hydrogen (secondary N) is 2. The van der Waals surface area contributed by atoms with E-state index in [1.807, 2.05) is 45.0 Å². The van der Waals surface area contributed by atoms with Gasteiger partial charge in [0.05, 0.1) is 11.0 Å². The highest BCUT2D eigenvalue weighted by atomic mass is 32.2. The number of hydrogen-bond donors (Lipinski definition) is 3. The van der Waals surface area contributed by atoms with Crippen LogP contribution in [0.25, 0.3) is 0 Å². The molecule has 0 aliphatic carbocycles. The van der Waals surface area contributed by atoms with Gasteiger partial charge in [-0.25, -0.2) is 0 Å². The van der Waals surface area contributed by atoms with Crippen LogP contribution >= 0.6 is 11.8 Å². The van der Waals surface area contributed by atoms with E-state index in [0.717, 1.165) is 11.3 Å². The Morgan fingerprint density at radius 2 is 1.86 bits per heavy atom. The van der Waals surface area contributed by atoms with Crippen molar-refractivity contribution in [2.24, 2.45) is 5.73 Å². The average Bonchev–Trinajstić information content (AvgIpc) is 2.44. The van der Waals surface area contributed by atoms with Crippen molar-refractivity contribution in [2.75, 3.05) is 17.6 Å². The second kappa shape index (κ2) is 8.19. The maximum Gasteiger partial charge on any atom is 0.234 e. The van der Waals surface area contributed by atoms with Gasteiger partial charge in [0.2, 0.25) is 11.8 Å². The summed E-state index contributed by atoms with van der Waals surface area (Å²) in [5.74, 6) is 0.00778. The number of benzene rings is 1. The maximum absolute atomic E-state index is 11.9. The molecule has 1 unspecified atom stereocenters. The topological polar surface area (TPSA) is 84.2 Å². The second-order valence-corrected chi connectivity index (χ2v) is 7.40. The molecule has 4 N–H and O–H groups in total. The van der Waals surface area contributed by atoms with Crippen LogP contribution in [-0.2, 0) is 9.59 Å². The lowest BCUT2D eigenvalue weighted by molar-refractivity contribution is -0.120. The molecule has 0 fully saturated rings. The molecule has 122 valence electrons. The number of nitrogens with two attached hydrogens (primary N) is 1. The lowest BCUT2D eigenvalue weighted by Gasteiger charge is -2.20. The maximum atomic E-state index is 11.9. The van der Waals surface area contributed by atoms with Crippen LogP contribution in [0.2, 0.25) is 0 Å². The molecule has 2 amide bonds. The first-order valence-corrected chi connectivity index (χ1v) is 8.27. The Balaban J connectivity index is 2.33. The van der Waals surface area contributed by atoms with Gasteiger partial charge in [0.1, 0.15) is 0 Å². The van der Waals surface area contributed by atoms with Gasteiger partial charge in [-0.15, -0.1) is 11.8 Å². The highest BCUT2D eigenvalue weighted by Crippen LogP contribution is 2.13. The molecule has 0 radical (unpaired) electrons. The molecule has 0 aliphatic rings. The Kier molecular flexibility index (Phi) is 6.90. The smallest absolute Gasteiger partial charge is 0.234 e. The molecule has 6 heteroatoms. The first-order chi connectivity index (χ1) is 10.2. The molecular formula is C16H25N3O2S. The summed E-state index contributed by atoms with van der Waals surface area (Å²) in [6.45, 7) is 7.87. The Morgan fingerprint density at radius 3 is 2.41 bits per heavy atom. The van der Waals surface area contributed by atoms with Crippen molar-refractivity contribution in [1.82, 2.24) is 5.32 Å². The fourth-order valence-corrected chi connectivity index (χ4v) is 2.28. The summed E-state index contributed by atoms with van der Waals surface area (Å²) in [6.07, 6.45) is 0. The Morgan fingerprint density at radius 1 is 1.27 bits per heavy atom. The van der Waals surface area contributed by atoms with E-state index in [0.29, 0.717) is 6.54 Å². The van der Waals surface area contributed by atoms with Crippen LogP contribution in [0, 0.1) is 6.92 Å². The van der Waals surface area contributed by atoms with E-state index < -0.39 is 5.54 Å². The van der Waals surface area contributed by atoms with E-state index in [2.05, 4.69) is 10.6 Å². The van der Waals surface area contributed by atoms with Crippen molar-refractivity contribution in [3.05, 3.63) is 29.8 Å². The van der Waals surface area contributed by atoms with Crippen LogP contribution in [0.5, 0.6) is 0 Å². The van der Waals surface area contributed by atoms with Crippen molar-refractivity contribution >= 4 is 29.3 Å². The van der Waals surface area contributed by atoms with Crippen molar-refractivity contribution in [1.29, 1.82) is 0 Å². The molecule has 0 saturated heterocycles. The Labute approximate surface area is 136 Å². The minimum atomic E-state index is -0.442. The minimum Gasteiger partial charge on any atom is -0.353 e. The SMILES string of the molecule is Cc1ccc(NC(=O)CSC(C)C(=O)NCC(C)(C)N)cc1. The molecule has 0 aliphatic heterocycles. The number of thioether (sulfide) groups is 1. The van der Waals surface area contributed by atoms with E-state index in [1.54, 1.807) is 6.92 Å². The third-order valence-corrected chi connectivity index (χ3v) is 4.03. The first-order valence-electron chi connectivity index (χ1n) is 7.22. The molecule has 1 aromatic rings. The third kappa shape index (κ3) is 7.47. The normalized spacial score (nSPS) is 12.6. The summed E-state index contributed by atoms with van der Waals surface area (Å²) in [5.41, 5.74) is 7.28. The van der Waals surface area contributed by atoms with Crippen LogP contribution in [0.4, 0.5) is 5.69 Å². The summed E-state index contributed by atoms with van der Waals surface area (Å²) in [7, 11) is 0. The highest BCUT2D eigenvalue weighted by molar-refractivity contribution is 8.01. The van der Waals surface area contributed by atoms with Gasteiger partial charge < -0.3 is 16.4 Å². The van der Waals surface area contributed by atoms with E-state index in [9.17, 15) is 9.59 Å². The average molecular weight is 323 g/mol. The zero-order valence-electron chi connectivity index (χ0n) is 13.6. The third-order valence-electron chi connectivity index (χ3n) is 2.89. The van der Waals surface area contributed by atoms with Crippen LogP contribution in [0.15, 0.2) is 24.3 Å². The van der Waals surface area contributed by atoms with E-state index in [4.69, 9.17) is 5.73 Å². The lowest BCUT2D eigenvalue weighted by Crippen LogP contribution is -2.46. The minimum absolute atomic E-state index is 0.105. The van der Waals surface area contributed by atoms with E-state index in [-0.39, 0.29) is 22.8 Å². The number of anilines is 1. The fraction of sp³-hybridized carbons (Fsp3) is 0.500. The first kappa shape index (κ1) is 18.5. The predicted molar refractivity (Wildman–Crippen MR) is 93.0 cm³/mol. The molecule has 0 saturated carbocycles. The predicted octanol–water partition coefficient (Wildman–Crippen LogP) is 1.91. The summed E-state index contributed by atoms with van der Waals surface area (Å²) < 4.78 is 0. The zero-order chi connectivity index (χ0) is 16.8. The van der Waals surface area contributed by atoms with Gasteiger partial charge in [-0.1, -0.05) is 17.7 Å². The second-order valence-electron chi connectivity index (χ2n) is 6.07. The van der Waals surface area contributed by atoms with Crippen LogP contribution in [-0.4, -0.2) is 34.9 Å². The molecular weight excluding hydrogens is 298 g/mol. The van der Waals surface area contributed by atoms with Crippen molar-refractivity contribution < 1.29 is 9.59 Å². The number of amides is 2. The summed E-state index contributed by atoms with van der Waals surface area (Å²) in [6, 6.07) is 7.59. The van der Waals surface area contributed by atoms with Gasteiger partial charge in [-0.3, -0.25) is 9.59 Å². The molecule has 22 heavy (non-hydrogen) atoms. The van der Waals surface area contributed by atoms with Gasteiger partial charge in [0.25, 0.3) is 0 Å². The molecule has 0 spiro atoms. The summed E-state index contributed by atoms with van der Waals surface area (Å²) in [5, 5.41) is 5.29. The summed E-state index contributed by atoms with van der Waals surface area (Å²) in [4.78, 5) is 23.7.